The van der Waals surface area contributed by atoms with Crippen molar-refractivity contribution < 1.29 is 8.76 Å². The van der Waals surface area contributed by atoms with Gasteiger partial charge >= 0.3 is 0 Å². The Hall–Kier alpha value is -4.13. The number of hydrogen-bond donors (Lipinski definition) is 1. The first-order chi connectivity index (χ1) is 16.5. The standard InChI is InChI=1S/C25H20N6O2S/c1-30-22-14-20(31(34(32)33)21-6-2-4-19-5-3-13-27-24(19)21)16-28-25(22)29-23(30)12-11-17-7-9-18(15-26)10-8-17/h2-10,13-14,16H,11-12H2,1H3,(H,32,33). The number of pyridine rings is 2. The minimum absolute atomic E-state index is 0.466. The van der Waals surface area contributed by atoms with Crippen LogP contribution in [0.25, 0.3) is 22.1 Å². The molecular formula is C25H20N6O2S. The summed E-state index contributed by atoms with van der Waals surface area (Å²) in [6.45, 7) is 0. The number of anilines is 2. The van der Waals surface area contributed by atoms with Crippen LogP contribution in [0.4, 0.5) is 11.4 Å². The number of hydrogen-bond acceptors (Lipinski definition) is 5. The molecule has 2 aromatic carbocycles. The largest absolute Gasteiger partial charge is 0.330 e. The molecule has 9 heteroatoms. The smallest absolute Gasteiger partial charge is 0.266 e. The van der Waals surface area contributed by atoms with E-state index in [1.807, 2.05) is 66.2 Å². The molecule has 34 heavy (non-hydrogen) atoms. The van der Waals surface area contributed by atoms with E-state index in [-0.39, 0.29) is 0 Å². The van der Waals surface area contributed by atoms with E-state index in [4.69, 9.17) is 5.26 Å². The first-order valence-corrected chi connectivity index (χ1v) is 11.7. The molecular weight excluding hydrogens is 448 g/mol. The highest BCUT2D eigenvalue weighted by Crippen LogP contribution is 2.33. The Morgan fingerprint density at radius 3 is 2.65 bits per heavy atom. The Morgan fingerprint density at radius 2 is 1.88 bits per heavy atom. The first-order valence-electron chi connectivity index (χ1n) is 10.6. The second-order valence-electron chi connectivity index (χ2n) is 7.81. The van der Waals surface area contributed by atoms with Gasteiger partial charge in [0.2, 0.25) is 0 Å². The number of aryl methyl sites for hydroxylation is 3. The Labute approximate surface area is 198 Å². The predicted molar refractivity (Wildman–Crippen MR) is 132 cm³/mol. The van der Waals surface area contributed by atoms with Crippen LogP contribution in [0, 0.1) is 11.3 Å². The van der Waals surface area contributed by atoms with Gasteiger partial charge in [-0.2, -0.15) is 5.26 Å². The molecule has 168 valence electrons. The van der Waals surface area contributed by atoms with Crippen LogP contribution in [0.15, 0.2) is 73.1 Å². The molecule has 0 saturated carbocycles. The number of para-hydroxylation sites is 1. The maximum absolute atomic E-state index is 12.4. The molecule has 8 nitrogen and oxygen atoms in total. The lowest BCUT2D eigenvalue weighted by molar-refractivity contribution is 0.564. The van der Waals surface area contributed by atoms with Crippen molar-refractivity contribution in [3.63, 3.8) is 0 Å². The van der Waals surface area contributed by atoms with E-state index in [0.29, 0.717) is 34.5 Å². The van der Waals surface area contributed by atoms with Crippen molar-refractivity contribution in [1.82, 2.24) is 19.5 Å². The van der Waals surface area contributed by atoms with E-state index < -0.39 is 11.3 Å². The summed E-state index contributed by atoms with van der Waals surface area (Å²) in [5, 5.41) is 9.83. The molecule has 3 heterocycles. The molecule has 0 bridgehead atoms. The van der Waals surface area contributed by atoms with Crippen LogP contribution < -0.4 is 4.31 Å². The first kappa shape index (κ1) is 21.7. The topological polar surface area (TPSA) is 108 Å². The van der Waals surface area contributed by atoms with Crippen molar-refractivity contribution in [1.29, 1.82) is 5.26 Å². The Kier molecular flexibility index (Phi) is 5.76. The lowest BCUT2D eigenvalue weighted by Gasteiger charge is -2.21. The van der Waals surface area contributed by atoms with Crippen LogP contribution in [0.3, 0.4) is 0 Å². The van der Waals surface area contributed by atoms with Crippen molar-refractivity contribution in [2.24, 2.45) is 7.05 Å². The molecule has 1 unspecified atom stereocenters. The molecule has 1 atom stereocenters. The Bertz CT molecular complexity index is 1570. The molecule has 3 aromatic heterocycles. The minimum Gasteiger partial charge on any atom is -0.330 e. The monoisotopic (exact) mass is 468 g/mol. The zero-order valence-electron chi connectivity index (χ0n) is 18.3. The Balaban J connectivity index is 1.49. The number of rotatable bonds is 6. The summed E-state index contributed by atoms with van der Waals surface area (Å²) in [5.41, 5.74) is 4.69. The number of benzene rings is 2. The average molecular weight is 469 g/mol. The van der Waals surface area contributed by atoms with Crippen molar-refractivity contribution in [2.75, 3.05) is 4.31 Å². The normalized spacial score (nSPS) is 12.0. The van der Waals surface area contributed by atoms with Gasteiger partial charge in [-0.1, -0.05) is 30.3 Å². The lowest BCUT2D eigenvalue weighted by Crippen LogP contribution is -2.20. The van der Waals surface area contributed by atoms with Crippen LogP contribution in [0.1, 0.15) is 17.0 Å². The summed E-state index contributed by atoms with van der Waals surface area (Å²) in [6.07, 6.45) is 4.67. The van der Waals surface area contributed by atoms with Gasteiger partial charge in [-0.05, 0) is 42.3 Å². The number of nitriles is 1. The number of nitrogens with zero attached hydrogens (tertiary/aromatic N) is 6. The third-order valence-corrected chi connectivity index (χ3v) is 6.48. The van der Waals surface area contributed by atoms with Gasteiger partial charge in [0.1, 0.15) is 5.82 Å². The lowest BCUT2D eigenvalue weighted by atomic mass is 10.1. The summed E-state index contributed by atoms with van der Waals surface area (Å²) < 4.78 is 25.9. The number of fused-ring (bicyclic) bond motifs is 2. The average Bonchev–Trinajstić information content (AvgIpc) is 3.18. The van der Waals surface area contributed by atoms with Crippen LogP contribution in [-0.4, -0.2) is 28.3 Å². The van der Waals surface area contributed by atoms with Crippen molar-refractivity contribution in [3.05, 3.63) is 90.0 Å². The molecule has 0 amide bonds. The molecule has 5 rings (SSSR count). The highest BCUT2D eigenvalue weighted by Gasteiger charge is 2.20. The van der Waals surface area contributed by atoms with E-state index in [2.05, 4.69) is 21.0 Å². The second kappa shape index (κ2) is 9.02. The minimum atomic E-state index is -2.33. The van der Waals surface area contributed by atoms with Crippen LogP contribution in [0.2, 0.25) is 0 Å². The van der Waals surface area contributed by atoms with Crippen LogP contribution in [-0.2, 0) is 31.2 Å². The molecule has 0 aliphatic carbocycles. The van der Waals surface area contributed by atoms with Gasteiger partial charge in [0.15, 0.2) is 5.65 Å². The Morgan fingerprint density at radius 1 is 1.09 bits per heavy atom. The zero-order valence-corrected chi connectivity index (χ0v) is 19.1. The second-order valence-corrected chi connectivity index (χ2v) is 8.64. The van der Waals surface area contributed by atoms with E-state index in [0.717, 1.165) is 28.7 Å². The fraction of sp³-hybridized carbons (Fsp3) is 0.120. The third kappa shape index (κ3) is 4.01. The number of aromatic nitrogens is 4. The fourth-order valence-electron chi connectivity index (χ4n) is 4.01. The van der Waals surface area contributed by atoms with E-state index in [1.54, 1.807) is 18.5 Å². The maximum atomic E-state index is 12.4. The van der Waals surface area contributed by atoms with E-state index >= 15 is 0 Å². The van der Waals surface area contributed by atoms with E-state index in [9.17, 15) is 8.76 Å². The molecule has 0 aliphatic heterocycles. The molecule has 0 saturated heterocycles. The molecule has 0 aliphatic rings. The van der Waals surface area contributed by atoms with Crippen LogP contribution in [0.5, 0.6) is 0 Å². The number of imidazole rings is 1. The summed E-state index contributed by atoms with van der Waals surface area (Å²) in [4.78, 5) is 13.5. The molecule has 5 aromatic rings. The highest BCUT2D eigenvalue weighted by atomic mass is 32.2. The SMILES string of the molecule is Cn1c(CCc2ccc(C#N)cc2)nc2ncc(N(c3cccc4cccnc34)S(=O)O)cc21. The van der Waals surface area contributed by atoms with Gasteiger partial charge < -0.3 is 4.57 Å². The molecule has 1 N–H and O–H groups in total. The van der Waals surface area contributed by atoms with E-state index in [1.165, 1.54) is 4.31 Å². The summed E-state index contributed by atoms with van der Waals surface area (Å²) in [7, 11) is 1.91. The summed E-state index contributed by atoms with van der Waals surface area (Å²) in [5.74, 6) is 0.854. The summed E-state index contributed by atoms with van der Waals surface area (Å²) in [6, 6.07) is 20.7. The van der Waals surface area contributed by atoms with Crippen molar-refractivity contribution >= 4 is 44.7 Å². The van der Waals surface area contributed by atoms with Crippen molar-refractivity contribution in [2.45, 2.75) is 12.8 Å². The van der Waals surface area contributed by atoms with Crippen LogP contribution >= 0.6 is 0 Å². The molecule has 0 spiro atoms. The van der Waals surface area contributed by atoms with Gasteiger partial charge in [-0.3, -0.25) is 9.54 Å². The zero-order chi connectivity index (χ0) is 23.7. The van der Waals surface area contributed by atoms with Crippen molar-refractivity contribution in [3.8, 4) is 6.07 Å². The van der Waals surface area contributed by atoms with Gasteiger partial charge in [-0.25, -0.2) is 18.5 Å². The molecule has 0 fully saturated rings. The van der Waals surface area contributed by atoms with Gasteiger partial charge in [-0.15, -0.1) is 0 Å². The quantitative estimate of drug-likeness (QED) is 0.369. The highest BCUT2D eigenvalue weighted by molar-refractivity contribution is 7.81. The maximum Gasteiger partial charge on any atom is 0.266 e. The molecule has 0 radical (unpaired) electrons. The fourth-order valence-corrected chi connectivity index (χ4v) is 4.60. The van der Waals surface area contributed by atoms with Gasteiger partial charge in [0, 0.05) is 25.1 Å². The summed E-state index contributed by atoms with van der Waals surface area (Å²) >= 11 is -2.33. The predicted octanol–water partition coefficient (Wildman–Crippen LogP) is 4.45. The van der Waals surface area contributed by atoms with Gasteiger partial charge in [0.05, 0.1) is 40.2 Å². The third-order valence-electron chi connectivity index (χ3n) is 5.76. The van der Waals surface area contributed by atoms with Gasteiger partial charge in [0.25, 0.3) is 11.3 Å².